The van der Waals surface area contributed by atoms with Gasteiger partial charge in [-0.05, 0) is 41.8 Å². The molecule has 1 aliphatic rings. The quantitative estimate of drug-likeness (QED) is 0.653. The van der Waals surface area contributed by atoms with Crippen molar-refractivity contribution in [2.45, 2.75) is 18.1 Å². The van der Waals surface area contributed by atoms with E-state index in [1.54, 1.807) is 18.2 Å². The molecule has 1 fully saturated rings. The average molecular weight is 395 g/mol. The molecule has 27 heavy (non-hydrogen) atoms. The molecule has 146 valence electrons. The van der Waals surface area contributed by atoms with Gasteiger partial charge in [0.25, 0.3) is 0 Å². The second-order valence-corrected chi connectivity index (χ2v) is 6.98. The van der Waals surface area contributed by atoms with Gasteiger partial charge in [0, 0.05) is 12.0 Å². The molecule has 0 unspecified atom stereocenters. The van der Waals surface area contributed by atoms with Crippen LogP contribution < -0.4 is 9.47 Å². The largest absolute Gasteiger partial charge is 0.508 e. The lowest BCUT2D eigenvalue weighted by Gasteiger charge is -2.32. The minimum Gasteiger partial charge on any atom is -0.508 e. The molecule has 3 atom stereocenters. The summed E-state index contributed by atoms with van der Waals surface area (Å²) in [6, 6.07) is 9.85. The third-order valence-electron chi connectivity index (χ3n) is 5.02. The number of phenolic OH excluding ortho intramolecular Hbond substituents is 2. The zero-order valence-electron chi connectivity index (χ0n) is 15.2. The first-order valence-corrected chi connectivity index (χ1v) is 9.08. The van der Waals surface area contributed by atoms with E-state index in [0.29, 0.717) is 30.1 Å². The van der Waals surface area contributed by atoms with E-state index in [1.165, 1.54) is 26.4 Å². The van der Waals surface area contributed by atoms with E-state index in [9.17, 15) is 15.3 Å². The van der Waals surface area contributed by atoms with Gasteiger partial charge in [-0.2, -0.15) is 0 Å². The molecule has 0 aromatic heterocycles. The fraction of sp³-hybridized carbons (Fsp3) is 0.400. The van der Waals surface area contributed by atoms with Crippen molar-refractivity contribution in [1.29, 1.82) is 0 Å². The van der Waals surface area contributed by atoms with Crippen molar-refractivity contribution >= 4 is 11.6 Å². The summed E-state index contributed by atoms with van der Waals surface area (Å²) in [4.78, 5) is 0. The number of ether oxygens (including phenoxy) is 3. The Morgan fingerprint density at radius 1 is 1.15 bits per heavy atom. The van der Waals surface area contributed by atoms with Gasteiger partial charge >= 0.3 is 0 Å². The maximum absolute atomic E-state index is 11.3. The molecule has 1 aliphatic heterocycles. The first-order chi connectivity index (χ1) is 12.9. The molecule has 3 N–H and O–H groups in total. The minimum absolute atomic E-state index is 0.0217. The third kappa shape index (κ3) is 3.78. The van der Waals surface area contributed by atoms with Gasteiger partial charge in [-0.1, -0.05) is 6.07 Å². The lowest BCUT2D eigenvalue weighted by Crippen LogP contribution is -2.42. The van der Waals surface area contributed by atoms with Crippen molar-refractivity contribution in [1.82, 2.24) is 0 Å². The van der Waals surface area contributed by atoms with Gasteiger partial charge in [0.2, 0.25) is 0 Å². The zero-order valence-corrected chi connectivity index (χ0v) is 15.9. The normalized spacial score (nSPS) is 24.7. The molecule has 0 amide bonds. The van der Waals surface area contributed by atoms with E-state index in [0.717, 1.165) is 5.56 Å². The molecule has 0 saturated carbocycles. The van der Waals surface area contributed by atoms with Crippen LogP contribution in [0.1, 0.15) is 17.2 Å². The number of aromatic hydroxyl groups is 2. The van der Waals surface area contributed by atoms with E-state index in [1.807, 2.05) is 6.07 Å². The Balaban J connectivity index is 1.87. The third-order valence-corrected chi connectivity index (χ3v) is 5.44. The highest BCUT2D eigenvalue weighted by molar-refractivity contribution is 6.18. The Morgan fingerprint density at radius 3 is 2.56 bits per heavy atom. The predicted molar refractivity (Wildman–Crippen MR) is 101 cm³/mol. The number of hydrogen-bond donors (Lipinski definition) is 3. The number of benzene rings is 2. The summed E-state index contributed by atoms with van der Waals surface area (Å²) >= 11 is 6.15. The van der Waals surface area contributed by atoms with Crippen molar-refractivity contribution in [3.8, 4) is 23.0 Å². The molecule has 2 aromatic carbocycles. The number of hydrogen-bond acceptors (Lipinski definition) is 6. The highest BCUT2D eigenvalue weighted by Gasteiger charge is 2.50. The SMILES string of the molecule is COc1cc(O)cc([C@H]2OC[C@@H](Cc3ccc(OC)c(O)c3)[C@]2(O)CCl)c1. The number of methoxy groups -OCH3 is 2. The van der Waals surface area contributed by atoms with E-state index in [-0.39, 0.29) is 23.3 Å². The maximum Gasteiger partial charge on any atom is 0.160 e. The van der Waals surface area contributed by atoms with Crippen LogP contribution in [0.15, 0.2) is 36.4 Å². The molecule has 1 heterocycles. The predicted octanol–water partition coefficient (Wildman–Crippen LogP) is 3.02. The minimum atomic E-state index is -1.34. The number of aliphatic hydroxyl groups is 1. The van der Waals surface area contributed by atoms with E-state index in [2.05, 4.69) is 0 Å². The number of alkyl halides is 1. The van der Waals surface area contributed by atoms with Crippen LogP contribution in [0, 0.1) is 5.92 Å². The van der Waals surface area contributed by atoms with Crippen LogP contribution in [-0.4, -0.2) is 47.6 Å². The number of rotatable bonds is 6. The number of halogens is 1. The highest BCUT2D eigenvalue weighted by Crippen LogP contribution is 2.45. The Labute approximate surface area is 162 Å². The van der Waals surface area contributed by atoms with Crippen LogP contribution in [0.5, 0.6) is 23.0 Å². The fourth-order valence-corrected chi connectivity index (χ4v) is 3.90. The Hall–Kier alpha value is -2.15. The molecule has 1 saturated heterocycles. The van der Waals surface area contributed by atoms with Crippen LogP contribution in [-0.2, 0) is 11.2 Å². The average Bonchev–Trinajstić information content (AvgIpc) is 2.98. The van der Waals surface area contributed by atoms with Crippen LogP contribution in [0.3, 0.4) is 0 Å². The van der Waals surface area contributed by atoms with Gasteiger partial charge in [0.05, 0.1) is 26.7 Å². The lowest BCUT2D eigenvalue weighted by molar-refractivity contribution is -0.0371. The summed E-state index contributed by atoms with van der Waals surface area (Å²) < 4.78 is 16.1. The van der Waals surface area contributed by atoms with Crippen molar-refractivity contribution in [3.05, 3.63) is 47.5 Å². The molecule has 0 radical (unpaired) electrons. The molecule has 0 spiro atoms. The molecular formula is C20H23ClO6. The summed E-state index contributed by atoms with van der Waals surface area (Å²) in [7, 11) is 2.99. The Bertz CT molecular complexity index is 811. The Morgan fingerprint density at radius 2 is 1.93 bits per heavy atom. The van der Waals surface area contributed by atoms with Gasteiger partial charge in [-0.25, -0.2) is 0 Å². The first kappa shape index (κ1) is 19.6. The van der Waals surface area contributed by atoms with E-state index >= 15 is 0 Å². The van der Waals surface area contributed by atoms with Gasteiger partial charge in [-0.15, -0.1) is 11.6 Å². The van der Waals surface area contributed by atoms with Crippen molar-refractivity contribution in [2.24, 2.45) is 5.92 Å². The van der Waals surface area contributed by atoms with Crippen molar-refractivity contribution in [3.63, 3.8) is 0 Å². The summed E-state index contributed by atoms with van der Waals surface area (Å²) in [5.74, 6) is 0.586. The van der Waals surface area contributed by atoms with Crippen LogP contribution in [0.2, 0.25) is 0 Å². The van der Waals surface area contributed by atoms with Gasteiger partial charge in [0.15, 0.2) is 11.5 Å². The van der Waals surface area contributed by atoms with Crippen molar-refractivity contribution in [2.75, 3.05) is 26.7 Å². The second-order valence-electron chi connectivity index (χ2n) is 6.71. The molecule has 3 rings (SSSR count). The van der Waals surface area contributed by atoms with Gasteiger partial charge in [-0.3, -0.25) is 0 Å². The topological polar surface area (TPSA) is 88.4 Å². The first-order valence-electron chi connectivity index (χ1n) is 8.55. The lowest BCUT2D eigenvalue weighted by atomic mass is 9.80. The molecule has 7 heteroatoms. The summed E-state index contributed by atoms with van der Waals surface area (Å²) in [5.41, 5.74) is 0.0882. The molecule has 0 bridgehead atoms. The van der Waals surface area contributed by atoms with Crippen molar-refractivity contribution < 1.29 is 29.5 Å². The second kappa shape index (κ2) is 7.84. The smallest absolute Gasteiger partial charge is 0.160 e. The van der Waals surface area contributed by atoms with E-state index < -0.39 is 11.7 Å². The van der Waals surface area contributed by atoms with Crippen LogP contribution >= 0.6 is 11.6 Å². The highest BCUT2D eigenvalue weighted by atomic mass is 35.5. The Kier molecular flexibility index (Phi) is 5.69. The fourth-order valence-electron chi connectivity index (χ4n) is 3.54. The summed E-state index contributed by atoms with van der Waals surface area (Å²) in [5, 5.41) is 31.2. The number of phenols is 2. The summed E-state index contributed by atoms with van der Waals surface area (Å²) in [6.07, 6.45) is -0.236. The van der Waals surface area contributed by atoms with Gasteiger partial charge < -0.3 is 29.5 Å². The maximum atomic E-state index is 11.3. The molecular weight excluding hydrogens is 372 g/mol. The van der Waals surface area contributed by atoms with Gasteiger partial charge in [0.1, 0.15) is 23.2 Å². The molecule has 6 nitrogen and oxygen atoms in total. The van der Waals surface area contributed by atoms with Crippen LogP contribution in [0.4, 0.5) is 0 Å². The summed E-state index contributed by atoms with van der Waals surface area (Å²) in [6.45, 7) is 0.290. The monoisotopic (exact) mass is 394 g/mol. The molecule has 0 aliphatic carbocycles. The van der Waals surface area contributed by atoms with E-state index in [4.69, 9.17) is 25.8 Å². The van der Waals surface area contributed by atoms with Crippen LogP contribution in [0.25, 0.3) is 0 Å². The zero-order chi connectivity index (χ0) is 19.6. The standard InChI is InChI=1S/C20H23ClO6/c1-25-16-8-13(7-15(22)9-16)19-20(24,11-21)14(10-27-19)5-12-3-4-18(26-2)17(23)6-12/h3-4,6-9,14,19,22-24H,5,10-11H2,1-2H3/t14-,19-,20-/m1/s1. The molecule has 2 aromatic rings.